The number of para-hydroxylation sites is 1. The molecule has 5 nitrogen and oxygen atoms in total. The maximum absolute atomic E-state index is 13.4. The van der Waals surface area contributed by atoms with Gasteiger partial charge in [-0.15, -0.1) is 0 Å². The number of anilines is 1. The van der Waals surface area contributed by atoms with E-state index in [2.05, 4.69) is 30.9 Å². The van der Waals surface area contributed by atoms with Crippen LogP contribution in [-0.4, -0.2) is 43.0 Å². The smallest absolute Gasteiger partial charge is 0.295 e. The van der Waals surface area contributed by atoms with Crippen LogP contribution in [-0.2, 0) is 0 Å². The van der Waals surface area contributed by atoms with E-state index in [1.807, 2.05) is 44.4 Å². The summed E-state index contributed by atoms with van der Waals surface area (Å²) in [4.78, 5) is 22.0. The summed E-state index contributed by atoms with van der Waals surface area (Å²) in [6, 6.07) is 13.7. The number of fused-ring (bicyclic) bond motifs is 2. The molecule has 0 atom stereocenters. The highest BCUT2D eigenvalue weighted by molar-refractivity contribution is 7.22. The maximum atomic E-state index is 13.4. The van der Waals surface area contributed by atoms with Gasteiger partial charge in [-0.2, -0.15) is 0 Å². The molecule has 0 radical (unpaired) electrons. The van der Waals surface area contributed by atoms with Gasteiger partial charge < -0.3 is 9.32 Å². The van der Waals surface area contributed by atoms with Crippen LogP contribution in [0.2, 0.25) is 0 Å². The van der Waals surface area contributed by atoms with Gasteiger partial charge in [0.1, 0.15) is 5.58 Å². The topological polar surface area (TPSA) is 49.6 Å². The molecule has 0 aliphatic rings. The Morgan fingerprint density at radius 2 is 1.82 bits per heavy atom. The molecule has 0 bridgehead atoms. The van der Waals surface area contributed by atoms with Crippen molar-refractivity contribution in [3.8, 4) is 0 Å². The lowest BCUT2D eigenvalue weighted by atomic mass is 10.1. The number of hydrogen-bond acceptors (Lipinski definition) is 5. The molecule has 2 aromatic carbocycles. The zero-order valence-electron chi connectivity index (χ0n) is 16.5. The Morgan fingerprint density at radius 1 is 1.07 bits per heavy atom. The van der Waals surface area contributed by atoms with Crippen molar-refractivity contribution >= 4 is 43.6 Å². The number of nitrogens with zero attached hydrogens (tertiary/aromatic N) is 3. The van der Waals surface area contributed by atoms with Crippen LogP contribution in [0.25, 0.3) is 21.2 Å². The summed E-state index contributed by atoms with van der Waals surface area (Å²) in [6.07, 6.45) is 0. The van der Waals surface area contributed by atoms with E-state index in [0.717, 1.165) is 33.3 Å². The molecule has 1 amide bonds. The Morgan fingerprint density at radius 3 is 2.54 bits per heavy atom. The van der Waals surface area contributed by atoms with Crippen molar-refractivity contribution < 1.29 is 9.21 Å². The lowest BCUT2D eigenvalue weighted by molar-refractivity contribution is 0.0960. The highest BCUT2D eigenvalue weighted by atomic mass is 32.1. The third-order valence-corrected chi connectivity index (χ3v) is 6.03. The molecule has 0 spiro atoms. The Kier molecular flexibility index (Phi) is 4.91. The Bertz CT molecular complexity index is 1090. The van der Waals surface area contributed by atoms with Crippen molar-refractivity contribution in [2.75, 3.05) is 32.1 Å². The Hall–Kier alpha value is -2.70. The minimum atomic E-state index is -0.160. The number of likely N-dealkylation sites (N-methyl/N-ethyl adjacent to an activating group) is 1. The van der Waals surface area contributed by atoms with Crippen LogP contribution < -0.4 is 4.90 Å². The summed E-state index contributed by atoms with van der Waals surface area (Å²) in [5, 5.41) is 1.63. The molecule has 0 aliphatic heterocycles. The van der Waals surface area contributed by atoms with Crippen LogP contribution in [0.3, 0.4) is 0 Å². The van der Waals surface area contributed by atoms with E-state index >= 15 is 0 Å². The number of carbonyl (C=O) groups excluding carboxylic acids is 1. The van der Waals surface area contributed by atoms with Gasteiger partial charge in [0.05, 0.1) is 10.2 Å². The quantitative estimate of drug-likeness (QED) is 0.485. The van der Waals surface area contributed by atoms with Gasteiger partial charge >= 0.3 is 0 Å². The van der Waals surface area contributed by atoms with Crippen molar-refractivity contribution in [1.29, 1.82) is 0 Å². The van der Waals surface area contributed by atoms with Crippen LogP contribution in [0, 0.1) is 13.8 Å². The van der Waals surface area contributed by atoms with Crippen LogP contribution in [0.4, 0.5) is 5.13 Å². The average Bonchev–Trinajstić information content (AvgIpc) is 3.30. The van der Waals surface area contributed by atoms with Gasteiger partial charge in [-0.3, -0.25) is 9.69 Å². The van der Waals surface area contributed by atoms with E-state index in [1.54, 1.807) is 16.2 Å². The molecule has 2 heterocycles. The molecule has 4 rings (SSSR count). The van der Waals surface area contributed by atoms with Crippen molar-refractivity contribution in [2.24, 2.45) is 0 Å². The van der Waals surface area contributed by atoms with E-state index in [0.29, 0.717) is 17.4 Å². The summed E-state index contributed by atoms with van der Waals surface area (Å²) in [5.41, 5.74) is 3.97. The lowest BCUT2D eigenvalue weighted by Crippen LogP contribution is -2.36. The molecular weight excluding hydrogens is 370 g/mol. The predicted molar refractivity (Wildman–Crippen MR) is 116 cm³/mol. The lowest BCUT2D eigenvalue weighted by Gasteiger charge is -2.20. The Labute approximate surface area is 168 Å². The summed E-state index contributed by atoms with van der Waals surface area (Å²) in [5.74, 6) is 0.181. The first-order valence-electron chi connectivity index (χ1n) is 9.26. The molecule has 4 aromatic rings. The van der Waals surface area contributed by atoms with Crippen molar-refractivity contribution in [3.63, 3.8) is 0 Å². The van der Waals surface area contributed by atoms with Gasteiger partial charge in [0.25, 0.3) is 5.91 Å². The van der Waals surface area contributed by atoms with Gasteiger partial charge in [0.15, 0.2) is 10.9 Å². The number of amides is 1. The fraction of sp³-hybridized carbons (Fsp3) is 0.273. The van der Waals surface area contributed by atoms with Gasteiger partial charge in [-0.25, -0.2) is 4.98 Å². The fourth-order valence-electron chi connectivity index (χ4n) is 3.17. The van der Waals surface area contributed by atoms with Crippen LogP contribution in [0.15, 0.2) is 46.9 Å². The molecule has 28 heavy (non-hydrogen) atoms. The average molecular weight is 394 g/mol. The zero-order valence-corrected chi connectivity index (χ0v) is 17.3. The second kappa shape index (κ2) is 7.37. The van der Waals surface area contributed by atoms with Gasteiger partial charge in [0.2, 0.25) is 0 Å². The monoisotopic (exact) mass is 393 g/mol. The number of hydrogen-bond donors (Lipinski definition) is 0. The predicted octanol–water partition coefficient (Wildman–Crippen LogP) is 4.87. The largest absolute Gasteiger partial charge is 0.451 e. The first-order chi connectivity index (χ1) is 13.4. The van der Waals surface area contributed by atoms with Gasteiger partial charge in [-0.05, 0) is 51.2 Å². The highest BCUT2D eigenvalue weighted by Gasteiger charge is 2.25. The standard InChI is InChI=1S/C22H23N3O2S/c1-14-9-10-15(2)20-19(14)23-22(28-20)25(12-11-24(3)4)21(26)18-13-16-7-5-6-8-17(16)27-18/h5-10,13H,11-12H2,1-4H3. The number of thiazole rings is 1. The minimum absolute atomic E-state index is 0.160. The van der Waals surface area contributed by atoms with E-state index < -0.39 is 0 Å². The van der Waals surface area contributed by atoms with Crippen LogP contribution in [0.1, 0.15) is 21.7 Å². The van der Waals surface area contributed by atoms with E-state index in [1.165, 1.54) is 5.56 Å². The molecule has 2 aromatic heterocycles. The highest BCUT2D eigenvalue weighted by Crippen LogP contribution is 2.34. The molecule has 144 valence electrons. The number of benzene rings is 2. The minimum Gasteiger partial charge on any atom is -0.451 e. The third kappa shape index (κ3) is 3.41. The number of aryl methyl sites for hydroxylation is 2. The Balaban J connectivity index is 1.77. The number of carbonyl (C=O) groups is 1. The summed E-state index contributed by atoms with van der Waals surface area (Å²) >= 11 is 1.56. The summed E-state index contributed by atoms with van der Waals surface area (Å²) < 4.78 is 6.96. The second-order valence-electron chi connectivity index (χ2n) is 7.28. The first-order valence-corrected chi connectivity index (χ1v) is 10.1. The van der Waals surface area contributed by atoms with Gasteiger partial charge in [0, 0.05) is 18.5 Å². The van der Waals surface area contributed by atoms with Crippen molar-refractivity contribution in [2.45, 2.75) is 13.8 Å². The zero-order chi connectivity index (χ0) is 19.8. The van der Waals surface area contributed by atoms with E-state index in [-0.39, 0.29) is 5.91 Å². The van der Waals surface area contributed by atoms with Gasteiger partial charge in [-0.1, -0.05) is 41.7 Å². The van der Waals surface area contributed by atoms with E-state index in [4.69, 9.17) is 9.40 Å². The normalized spacial score (nSPS) is 11.6. The number of aromatic nitrogens is 1. The third-order valence-electron chi connectivity index (χ3n) is 4.81. The molecule has 0 N–H and O–H groups in total. The number of furan rings is 1. The van der Waals surface area contributed by atoms with Crippen molar-refractivity contribution in [3.05, 3.63) is 59.4 Å². The molecule has 0 aliphatic carbocycles. The van der Waals surface area contributed by atoms with Crippen molar-refractivity contribution in [1.82, 2.24) is 9.88 Å². The molecular formula is C22H23N3O2S. The molecule has 6 heteroatoms. The van der Waals surface area contributed by atoms with E-state index in [9.17, 15) is 4.79 Å². The second-order valence-corrected chi connectivity index (χ2v) is 8.26. The summed E-state index contributed by atoms with van der Waals surface area (Å²) in [7, 11) is 3.99. The molecule has 0 unspecified atom stereocenters. The first kappa shape index (κ1) is 18.7. The number of rotatable bonds is 5. The molecule has 0 saturated heterocycles. The SMILES string of the molecule is Cc1ccc(C)c2sc(N(CCN(C)C)C(=O)c3cc4ccccc4o3)nc12. The molecule has 0 saturated carbocycles. The maximum Gasteiger partial charge on any atom is 0.295 e. The van der Waals surface area contributed by atoms with Crippen LogP contribution >= 0.6 is 11.3 Å². The fourth-order valence-corrected chi connectivity index (χ4v) is 4.30. The van der Waals surface area contributed by atoms with Crippen LogP contribution in [0.5, 0.6) is 0 Å². The molecule has 0 fully saturated rings. The summed E-state index contributed by atoms with van der Waals surface area (Å²) in [6.45, 7) is 5.41.